The third-order valence-corrected chi connectivity index (χ3v) is 6.77. The SMILES string of the molecule is CCS(=O)(=O)N1CCC(NC(=O)c2cccc3c2CCCN3)CC1.Cl. The van der Waals surface area contributed by atoms with E-state index in [1.54, 1.807) is 6.92 Å². The molecule has 1 saturated heterocycles. The number of hydrogen-bond acceptors (Lipinski definition) is 4. The molecular weight excluding hydrogens is 362 g/mol. The Morgan fingerprint density at radius 1 is 1.32 bits per heavy atom. The summed E-state index contributed by atoms with van der Waals surface area (Å²) in [5, 5.41) is 6.42. The largest absolute Gasteiger partial charge is 0.385 e. The molecule has 1 aromatic rings. The molecule has 25 heavy (non-hydrogen) atoms. The number of carbonyl (C=O) groups is 1. The molecule has 1 aromatic carbocycles. The van der Waals surface area contributed by atoms with Gasteiger partial charge in [-0.1, -0.05) is 6.07 Å². The van der Waals surface area contributed by atoms with Crippen LogP contribution in [0.3, 0.4) is 0 Å². The molecule has 2 aliphatic heterocycles. The minimum atomic E-state index is -3.13. The lowest BCUT2D eigenvalue weighted by Gasteiger charge is -2.31. The van der Waals surface area contributed by atoms with E-state index in [1.807, 2.05) is 18.2 Å². The van der Waals surface area contributed by atoms with Crippen molar-refractivity contribution >= 4 is 34.0 Å². The van der Waals surface area contributed by atoms with Crippen LogP contribution in [0.1, 0.15) is 42.1 Å². The number of benzene rings is 1. The van der Waals surface area contributed by atoms with Crippen LogP contribution in [0, 0.1) is 0 Å². The van der Waals surface area contributed by atoms with Crippen LogP contribution < -0.4 is 10.6 Å². The number of sulfonamides is 1. The number of nitrogens with one attached hydrogen (secondary N) is 2. The first kappa shape index (κ1) is 20.0. The number of anilines is 1. The summed E-state index contributed by atoms with van der Waals surface area (Å²) in [5.41, 5.74) is 2.88. The normalized spacial score (nSPS) is 18.6. The topological polar surface area (TPSA) is 78.5 Å². The van der Waals surface area contributed by atoms with Gasteiger partial charge in [-0.05, 0) is 50.3 Å². The second kappa shape index (κ2) is 8.38. The maximum Gasteiger partial charge on any atom is 0.251 e. The highest BCUT2D eigenvalue weighted by Crippen LogP contribution is 2.25. The van der Waals surface area contributed by atoms with Crippen LogP contribution >= 0.6 is 12.4 Å². The van der Waals surface area contributed by atoms with E-state index in [0.29, 0.717) is 25.9 Å². The predicted octanol–water partition coefficient (Wildman–Crippen LogP) is 2.01. The van der Waals surface area contributed by atoms with Gasteiger partial charge in [0.2, 0.25) is 10.0 Å². The van der Waals surface area contributed by atoms with Crippen LogP contribution in [0.2, 0.25) is 0 Å². The first-order valence-corrected chi connectivity index (χ1v) is 10.3. The third-order valence-electron chi connectivity index (χ3n) is 4.89. The number of rotatable bonds is 4. The molecule has 1 amide bonds. The van der Waals surface area contributed by atoms with Crippen molar-refractivity contribution in [2.75, 3.05) is 30.7 Å². The fraction of sp³-hybridized carbons (Fsp3) is 0.588. The van der Waals surface area contributed by atoms with Crippen molar-refractivity contribution in [2.24, 2.45) is 0 Å². The zero-order chi connectivity index (χ0) is 17.2. The van der Waals surface area contributed by atoms with Gasteiger partial charge in [0.1, 0.15) is 0 Å². The van der Waals surface area contributed by atoms with Crippen molar-refractivity contribution in [3.63, 3.8) is 0 Å². The lowest BCUT2D eigenvalue weighted by atomic mass is 9.96. The van der Waals surface area contributed by atoms with E-state index in [-0.39, 0.29) is 30.1 Å². The molecule has 8 heteroatoms. The van der Waals surface area contributed by atoms with Gasteiger partial charge in [0.25, 0.3) is 5.91 Å². The van der Waals surface area contributed by atoms with Crippen molar-refractivity contribution in [3.05, 3.63) is 29.3 Å². The fourth-order valence-corrected chi connectivity index (χ4v) is 4.58. The van der Waals surface area contributed by atoms with E-state index in [0.717, 1.165) is 36.2 Å². The lowest BCUT2D eigenvalue weighted by molar-refractivity contribution is 0.0923. The zero-order valence-electron chi connectivity index (χ0n) is 14.5. The number of amides is 1. The number of halogens is 1. The Morgan fingerprint density at radius 3 is 2.72 bits per heavy atom. The Kier molecular flexibility index (Phi) is 6.71. The van der Waals surface area contributed by atoms with Crippen molar-refractivity contribution in [1.82, 2.24) is 9.62 Å². The van der Waals surface area contributed by atoms with Crippen LogP contribution in [0.15, 0.2) is 18.2 Å². The Morgan fingerprint density at radius 2 is 2.04 bits per heavy atom. The lowest BCUT2D eigenvalue weighted by Crippen LogP contribution is -2.47. The van der Waals surface area contributed by atoms with Gasteiger partial charge in [-0.3, -0.25) is 4.79 Å². The maximum atomic E-state index is 12.6. The Hall–Kier alpha value is -1.31. The fourth-order valence-electron chi connectivity index (χ4n) is 3.45. The molecule has 6 nitrogen and oxygen atoms in total. The van der Waals surface area contributed by atoms with Crippen molar-refractivity contribution in [1.29, 1.82) is 0 Å². The summed E-state index contributed by atoms with van der Waals surface area (Å²) in [7, 11) is -3.13. The predicted molar refractivity (Wildman–Crippen MR) is 102 cm³/mol. The smallest absolute Gasteiger partial charge is 0.251 e. The monoisotopic (exact) mass is 387 g/mol. The van der Waals surface area contributed by atoms with Crippen molar-refractivity contribution < 1.29 is 13.2 Å². The van der Waals surface area contributed by atoms with E-state index in [2.05, 4.69) is 10.6 Å². The van der Waals surface area contributed by atoms with Gasteiger partial charge >= 0.3 is 0 Å². The van der Waals surface area contributed by atoms with Gasteiger partial charge in [0.05, 0.1) is 5.75 Å². The molecule has 0 atom stereocenters. The van der Waals surface area contributed by atoms with Crippen LogP contribution in [0.4, 0.5) is 5.69 Å². The molecular formula is C17H26ClN3O3S. The average Bonchev–Trinajstić information content (AvgIpc) is 2.61. The molecule has 140 valence electrons. The van der Waals surface area contributed by atoms with Gasteiger partial charge in [-0.15, -0.1) is 12.4 Å². The molecule has 3 rings (SSSR count). The molecule has 2 heterocycles. The summed E-state index contributed by atoms with van der Waals surface area (Å²) in [6.07, 6.45) is 3.28. The number of carbonyl (C=O) groups excluding carboxylic acids is 1. The summed E-state index contributed by atoms with van der Waals surface area (Å²) in [6, 6.07) is 5.83. The quantitative estimate of drug-likeness (QED) is 0.828. The molecule has 1 fully saturated rings. The molecule has 0 unspecified atom stereocenters. The van der Waals surface area contributed by atoms with Gasteiger partial charge in [0.15, 0.2) is 0 Å². The second-order valence-corrected chi connectivity index (χ2v) is 8.67. The van der Waals surface area contributed by atoms with Gasteiger partial charge in [0, 0.05) is 36.9 Å². The minimum Gasteiger partial charge on any atom is -0.385 e. The van der Waals surface area contributed by atoms with Crippen LogP contribution in [-0.2, 0) is 16.4 Å². The van der Waals surface area contributed by atoms with Gasteiger partial charge in [-0.2, -0.15) is 0 Å². The summed E-state index contributed by atoms with van der Waals surface area (Å²) in [6.45, 7) is 3.57. The zero-order valence-corrected chi connectivity index (χ0v) is 16.1. The molecule has 0 aromatic heterocycles. The number of nitrogens with zero attached hydrogens (tertiary/aromatic N) is 1. The highest BCUT2D eigenvalue weighted by Gasteiger charge is 2.28. The van der Waals surface area contributed by atoms with E-state index in [1.165, 1.54) is 4.31 Å². The van der Waals surface area contributed by atoms with E-state index >= 15 is 0 Å². The molecule has 2 aliphatic rings. The Balaban J connectivity index is 0.00000225. The highest BCUT2D eigenvalue weighted by molar-refractivity contribution is 7.89. The Labute approximate surface area is 155 Å². The summed E-state index contributed by atoms with van der Waals surface area (Å²) < 4.78 is 25.3. The molecule has 0 saturated carbocycles. The van der Waals surface area contributed by atoms with Gasteiger partial charge < -0.3 is 10.6 Å². The molecule has 0 aliphatic carbocycles. The van der Waals surface area contributed by atoms with Gasteiger partial charge in [-0.25, -0.2) is 12.7 Å². The van der Waals surface area contributed by atoms with Crippen LogP contribution in [0.25, 0.3) is 0 Å². The standard InChI is InChI=1S/C17H25N3O3S.ClH/c1-2-24(22,23)20-11-8-13(9-12-20)19-17(21)15-5-3-7-16-14(15)6-4-10-18-16;/h3,5,7,13,18H,2,4,6,8-12H2,1H3,(H,19,21);1H. The summed E-state index contributed by atoms with van der Waals surface area (Å²) >= 11 is 0. The Bertz CT molecular complexity index is 716. The summed E-state index contributed by atoms with van der Waals surface area (Å²) in [4.78, 5) is 12.6. The highest BCUT2D eigenvalue weighted by atomic mass is 35.5. The molecule has 0 spiro atoms. The first-order chi connectivity index (χ1) is 11.5. The molecule has 0 radical (unpaired) electrons. The summed E-state index contributed by atoms with van der Waals surface area (Å²) in [5.74, 6) is 0.0834. The first-order valence-electron chi connectivity index (χ1n) is 8.65. The molecule has 0 bridgehead atoms. The third kappa shape index (κ3) is 4.46. The van der Waals surface area contributed by atoms with Crippen molar-refractivity contribution in [2.45, 2.75) is 38.6 Å². The number of hydrogen-bond donors (Lipinski definition) is 2. The number of piperidine rings is 1. The number of fused-ring (bicyclic) bond motifs is 1. The van der Waals surface area contributed by atoms with Crippen LogP contribution in [-0.4, -0.2) is 50.1 Å². The molecule has 2 N–H and O–H groups in total. The minimum absolute atomic E-state index is 0. The van der Waals surface area contributed by atoms with E-state index in [9.17, 15) is 13.2 Å². The second-order valence-electron chi connectivity index (χ2n) is 6.41. The van der Waals surface area contributed by atoms with Crippen LogP contribution in [0.5, 0.6) is 0 Å². The van der Waals surface area contributed by atoms with E-state index < -0.39 is 10.0 Å². The maximum absolute atomic E-state index is 12.6. The average molecular weight is 388 g/mol. The van der Waals surface area contributed by atoms with E-state index in [4.69, 9.17) is 0 Å². The van der Waals surface area contributed by atoms with Crippen molar-refractivity contribution in [3.8, 4) is 0 Å².